The Bertz CT molecular complexity index is 430. The molecule has 1 heterocycles. The summed E-state index contributed by atoms with van der Waals surface area (Å²) in [6, 6.07) is 3.56. The van der Waals surface area contributed by atoms with Gasteiger partial charge in [0.25, 0.3) is 0 Å². The fourth-order valence-electron chi connectivity index (χ4n) is 1.43. The molecule has 3 N–H and O–H groups in total. The van der Waals surface area contributed by atoms with Gasteiger partial charge >= 0.3 is 0 Å². The molecule has 0 unspecified atom stereocenters. The van der Waals surface area contributed by atoms with Crippen molar-refractivity contribution in [2.24, 2.45) is 10.9 Å². The van der Waals surface area contributed by atoms with Crippen LogP contribution in [0.2, 0.25) is 0 Å². The molecule has 1 aromatic rings. The highest BCUT2D eigenvalue weighted by Gasteiger charge is 2.03. The van der Waals surface area contributed by atoms with Crippen molar-refractivity contribution in [3.8, 4) is 0 Å². The van der Waals surface area contributed by atoms with Gasteiger partial charge < -0.3 is 16.0 Å². The first-order valence-corrected chi connectivity index (χ1v) is 6.84. The Balaban J connectivity index is 2.47. The first kappa shape index (κ1) is 15.9. The second kappa shape index (κ2) is 8.90. The van der Waals surface area contributed by atoms with Gasteiger partial charge in [0.1, 0.15) is 6.54 Å². The predicted molar refractivity (Wildman–Crippen MR) is 81.7 cm³/mol. The minimum atomic E-state index is -0.167. The first-order chi connectivity index (χ1) is 9.61. The SMILES string of the molecule is CCNC(=NCC(=O)Nc1cccnc1)NCC(C)C. The third-order valence-corrected chi connectivity index (χ3v) is 2.35. The fraction of sp³-hybridized carbons (Fsp3) is 0.500. The van der Waals surface area contributed by atoms with Gasteiger partial charge in [-0.05, 0) is 25.0 Å². The molecule has 0 bridgehead atoms. The normalized spacial score (nSPS) is 11.3. The van der Waals surface area contributed by atoms with Crippen molar-refractivity contribution in [2.45, 2.75) is 20.8 Å². The van der Waals surface area contributed by atoms with Crippen LogP contribution < -0.4 is 16.0 Å². The van der Waals surface area contributed by atoms with Crippen molar-refractivity contribution in [3.63, 3.8) is 0 Å². The second-order valence-corrected chi connectivity index (χ2v) is 4.76. The molecule has 6 nitrogen and oxygen atoms in total. The zero-order valence-corrected chi connectivity index (χ0v) is 12.3. The third kappa shape index (κ3) is 6.72. The van der Waals surface area contributed by atoms with E-state index in [0.29, 0.717) is 17.6 Å². The molecular weight excluding hydrogens is 254 g/mol. The molecule has 0 atom stereocenters. The summed E-state index contributed by atoms with van der Waals surface area (Å²) in [6.45, 7) is 7.87. The lowest BCUT2D eigenvalue weighted by Gasteiger charge is -2.12. The molecule has 0 aliphatic rings. The molecule has 0 fully saturated rings. The number of pyridine rings is 1. The van der Waals surface area contributed by atoms with Crippen LogP contribution in [0.25, 0.3) is 0 Å². The van der Waals surface area contributed by atoms with Gasteiger partial charge in [0.2, 0.25) is 5.91 Å². The molecule has 0 saturated heterocycles. The first-order valence-electron chi connectivity index (χ1n) is 6.84. The Kier molecular flexibility index (Phi) is 7.10. The minimum absolute atomic E-state index is 0.0717. The Labute approximate surface area is 120 Å². The largest absolute Gasteiger partial charge is 0.357 e. The molecule has 6 heteroatoms. The highest BCUT2D eigenvalue weighted by molar-refractivity contribution is 5.93. The molecular formula is C14H23N5O. The number of anilines is 1. The van der Waals surface area contributed by atoms with Crippen molar-refractivity contribution < 1.29 is 4.79 Å². The summed E-state index contributed by atoms with van der Waals surface area (Å²) in [4.78, 5) is 19.9. The number of amides is 1. The van der Waals surface area contributed by atoms with Gasteiger partial charge in [-0.15, -0.1) is 0 Å². The fourth-order valence-corrected chi connectivity index (χ4v) is 1.43. The Morgan fingerprint density at radius 2 is 2.20 bits per heavy atom. The molecule has 0 spiro atoms. The molecule has 20 heavy (non-hydrogen) atoms. The highest BCUT2D eigenvalue weighted by atomic mass is 16.1. The summed E-state index contributed by atoms with van der Waals surface area (Å²) in [5, 5.41) is 9.03. The van der Waals surface area contributed by atoms with Crippen LogP contribution in [-0.2, 0) is 4.79 Å². The van der Waals surface area contributed by atoms with Crippen LogP contribution >= 0.6 is 0 Å². The number of nitrogens with zero attached hydrogens (tertiary/aromatic N) is 2. The van der Waals surface area contributed by atoms with Crippen LogP contribution in [0.4, 0.5) is 5.69 Å². The van der Waals surface area contributed by atoms with E-state index in [1.165, 1.54) is 0 Å². The lowest BCUT2D eigenvalue weighted by molar-refractivity contribution is -0.114. The van der Waals surface area contributed by atoms with E-state index in [2.05, 4.69) is 39.8 Å². The number of aromatic nitrogens is 1. The second-order valence-electron chi connectivity index (χ2n) is 4.76. The lowest BCUT2D eigenvalue weighted by Crippen LogP contribution is -2.39. The van der Waals surface area contributed by atoms with Crippen LogP contribution in [0, 0.1) is 5.92 Å². The van der Waals surface area contributed by atoms with E-state index >= 15 is 0 Å². The number of hydrogen-bond acceptors (Lipinski definition) is 3. The number of guanidine groups is 1. The molecule has 110 valence electrons. The molecule has 0 radical (unpaired) electrons. The molecule has 1 rings (SSSR count). The van der Waals surface area contributed by atoms with E-state index in [9.17, 15) is 4.79 Å². The van der Waals surface area contributed by atoms with Crippen molar-refractivity contribution in [3.05, 3.63) is 24.5 Å². The molecule has 0 saturated carbocycles. The summed E-state index contributed by atoms with van der Waals surface area (Å²) in [7, 11) is 0. The molecule has 0 aliphatic carbocycles. The maximum Gasteiger partial charge on any atom is 0.246 e. The van der Waals surface area contributed by atoms with E-state index in [1.807, 2.05) is 6.92 Å². The smallest absolute Gasteiger partial charge is 0.246 e. The average Bonchev–Trinajstić information content (AvgIpc) is 2.43. The summed E-state index contributed by atoms with van der Waals surface area (Å²) in [5.74, 6) is 1.00. The maximum absolute atomic E-state index is 11.8. The summed E-state index contributed by atoms with van der Waals surface area (Å²) in [6.07, 6.45) is 3.26. The summed E-state index contributed by atoms with van der Waals surface area (Å²) in [5.41, 5.74) is 0.674. The van der Waals surface area contributed by atoms with Crippen molar-refractivity contribution in [2.75, 3.05) is 25.0 Å². The molecule has 0 aromatic carbocycles. The van der Waals surface area contributed by atoms with Gasteiger partial charge in [-0.2, -0.15) is 0 Å². The van der Waals surface area contributed by atoms with Crippen LogP contribution in [-0.4, -0.2) is 36.5 Å². The average molecular weight is 277 g/mol. The van der Waals surface area contributed by atoms with Crippen LogP contribution in [0.15, 0.2) is 29.5 Å². The Morgan fingerprint density at radius 3 is 2.80 bits per heavy atom. The maximum atomic E-state index is 11.8. The minimum Gasteiger partial charge on any atom is -0.357 e. The molecule has 1 aromatic heterocycles. The van der Waals surface area contributed by atoms with Gasteiger partial charge in [0.15, 0.2) is 5.96 Å². The third-order valence-electron chi connectivity index (χ3n) is 2.35. The van der Waals surface area contributed by atoms with Crippen LogP contribution in [0.3, 0.4) is 0 Å². The number of rotatable bonds is 6. The monoisotopic (exact) mass is 277 g/mol. The standard InChI is InChI=1S/C14H23N5O/c1-4-16-14(17-8-11(2)3)18-10-13(20)19-12-6-5-7-15-9-12/h5-7,9,11H,4,8,10H2,1-3H3,(H,19,20)(H2,16,17,18). The Hall–Kier alpha value is -2.11. The summed E-state index contributed by atoms with van der Waals surface area (Å²) >= 11 is 0. The highest BCUT2D eigenvalue weighted by Crippen LogP contribution is 2.01. The van der Waals surface area contributed by atoms with Crippen molar-refractivity contribution in [1.82, 2.24) is 15.6 Å². The number of hydrogen-bond donors (Lipinski definition) is 3. The summed E-state index contributed by atoms with van der Waals surface area (Å²) < 4.78 is 0. The topological polar surface area (TPSA) is 78.4 Å². The van der Waals surface area contributed by atoms with E-state index < -0.39 is 0 Å². The van der Waals surface area contributed by atoms with E-state index in [0.717, 1.165) is 13.1 Å². The van der Waals surface area contributed by atoms with E-state index in [4.69, 9.17) is 0 Å². The zero-order chi connectivity index (χ0) is 14.8. The predicted octanol–water partition coefficient (Wildman–Crippen LogP) is 1.23. The van der Waals surface area contributed by atoms with Crippen molar-refractivity contribution >= 4 is 17.6 Å². The van der Waals surface area contributed by atoms with Crippen LogP contribution in [0.1, 0.15) is 20.8 Å². The molecule has 0 aliphatic heterocycles. The quantitative estimate of drug-likeness (QED) is 0.540. The van der Waals surface area contributed by atoms with E-state index in [1.54, 1.807) is 24.5 Å². The van der Waals surface area contributed by atoms with Gasteiger partial charge in [-0.1, -0.05) is 13.8 Å². The van der Waals surface area contributed by atoms with Gasteiger partial charge in [0.05, 0.1) is 11.9 Å². The van der Waals surface area contributed by atoms with Crippen molar-refractivity contribution in [1.29, 1.82) is 0 Å². The number of nitrogens with one attached hydrogen (secondary N) is 3. The molecule has 1 amide bonds. The number of carbonyl (C=O) groups excluding carboxylic acids is 1. The lowest BCUT2D eigenvalue weighted by atomic mass is 10.2. The zero-order valence-electron chi connectivity index (χ0n) is 12.3. The van der Waals surface area contributed by atoms with E-state index in [-0.39, 0.29) is 12.5 Å². The van der Waals surface area contributed by atoms with Gasteiger partial charge in [-0.25, -0.2) is 4.99 Å². The number of aliphatic imine (C=N–C) groups is 1. The Morgan fingerprint density at radius 1 is 1.40 bits per heavy atom. The van der Waals surface area contributed by atoms with Gasteiger partial charge in [-0.3, -0.25) is 9.78 Å². The number of carbonyl (C=O) groups is 1. The van der Waals surface area contributed by atoms with Gasteiger partial charge in [0, 0.05) is 19.3 Å². The van der Waals surface area contributed by atoms with Crippen LogP contribution in [0.5, 0.6) is 0 Å².